The van der Waals surface area contributed by atoms with Crippen molar-refractivity contribution in [2.24, 2.45) is 0 Å². The fourth-order valence-electron chi connectivity index (χ4n) is 1.99. The van der Waals surface area contributed by atoms with Gasteiger partial charge in [0, 0.05) is 6.04 Å². The van der Waals surface area contributed by atoms with E-state index in [1.54, 1.807) is 4.90 Å². The number of hydrogen-bond donors (Lipinski definition) is 0. The lowest BCUT2D eigenvalue weighted by molar-refractivity contribution is 0.0677. The molecule has 0 aromatic rings. The maximum absolute atomic E-state index is 12.2. The number of hydrogen-bond acceptors (Lipinski definition) is 2. The summed E-state index contributed by atoms with van der Waals surface area (Å²) in [5, 5.41) is 8.60. The molecule has 0 aliphatic carbocycles. The van der Waals surface area contributed by atoms with E-state index < -0.39 is 6.43 Å². The van der Waals surface area contributed by atoms with Crippen molar-refractivity contribution in [3.05, 3.63) is 0 Å². The number of likely N-dealkylation sites (tertiary alicyclic amines) is 1. The predicted octanol–water partition coefficient (Wildman–Crippen LogP) is 2.41. The van der Waals surface area contributed by atoms with Crippen LogP contribution in [0.4, 0.5) is 8.78 Å². The van der Waals surface area contributed by atoms with Crippen molar-refractivity contribution in [3.8, 4) is 6.07 Å². The number of halogens is 2. The Morgan fingerprint density at radius 1 is 1.36 bits per heavy atom. The van der Waals surface area contributed by atoms with Gasteiger partial charge in [0.15, 0.2) is 0 Å². The van der Waals surface area contributed by atoms with E-state index in [4.69, 9.17) is 5.26 Å². The molecule has 1 atom stereocenters. The van der Waals surface area contributed by atoms with Crippen molar-refractivity contribution in [3.63, 3.8) is 0 Å². The molecule has 1 aliphatic heterocycles. The monoisotopic (exact) mass is 202 g/mol. The molecule has 1 aliphatic rings. The molecular formula is C10H16F2N2. The second kappa shape index (κ2) is 5.92. The van der Waals surface area contributed by atoms with Crippen LogP contribution < -0.4 is 0 Å². The molecule has 1 unspecified atom stereocenters. The fourth-order valence-corrected chi connectivity index (χ4v) is 1.99. The summed E-state index contributed by atoms with van der Waals surface area (Å²) >= 11 is 0. The van der Waals surface area contributed by atoms with Crippen LogP contribution in [-0.2, 0) is 0 Å². The second-order valence-corrected chi connectivity index (χ2v) is 3.75. The van der Waals surface area contributed by atoms with E-state index in [-0.39, 0.29) is 12.6 Å². The quantitative estimate of drug-likeness (QED) is 0.702. The van der Waals surface area contributed by atoms with Crippen LogP contribution in [0.15, 0.2) is 0 Å². The standard InChI is InChI=1S/C10H16F2N2/c11-10(12)8-14-7-3-1-2-4-9(14)5-6-13/h9-10H,1-5,7-8H2. The molecule has 80 valence electrons. The van der Waals surface area contributed by atoms with Gasteiger partial charge in [-0.2, -0.15) is 5.26 Å². The van der Waals surface area contributed by atoms with Crippen molar-refractivity contribution < 1.29 is 8.78 Å². The third-order valence-electron chi connectivity index (χ3n) is 2.70. The summed E-state index contributed by atoms with van der Waals surface area (Å²) in [6, 6.07) is 2.13. The zero-order valence-electron chi connectivity index (χ0n) is 8.25. The molecule has 0 aromatic carbocycles. The molecule has 14 heavy (non-hydrogen) atoms. The van der Waals surface area contributed by atoms with Gasteiger partial charge in [-0.05, 0) is 19.4 Å². The maximum atomic E-state index is 12.2. The van der Waals surface area contributed by atoms with E-state index in [1.165, 1.54) is 0 Å². The van der Waals surface area contributed by atoms with Crippen LogP contribution in [0.3, 0.4) is 0 Å². The van der Waals surface area contributed by atoms with Gasteiger partial charge in [0.05, 0.1) is 19.0 Å². The van der Waals surface area contributed by atoms with Gasteiger partial charge in [0.2, 0.25) is 0 Å². The minimum Gasteiger partial charge on any atom is -0.294 e. The molecule has 1 saturated heterocycles. The number of nitriles is 1. The largest absolute Gasteiger partial charge is 0.294 e. The summed E-state index contributed by atoms with van der Waals surface area (Å²) in [5.74, 6) is 0. The molecule has 2 nitrogen and oxygen atoms in total. The molecule has 0 bridgehead atoms. The smallest absolute Gasteiger partial charge is 0.251 e. The lowest BCUT2D eigenvalue weighted by Gasteiger charge is -2.27. The number of rotatable bonds is 3. The zero-order valence-corrected chi connectivity index (χ0v) is 8.25. The van der Waals surface area contributed by atoms with Gasteiger partial charge >= 0.3 is 0 Å². The van der Waals surface area contributed by atoms with E-state index >= 15 is 0 Å². The molecule has 4 heteroatoms. The first kappa shape index (κ1) is 11.4. The first-order valence-corrected chi connectivity index (χ1v) is 5.13. The van der Waals surface area contributed by atoms with Gasteiger partial charge in [0.25, 0.3) is 6.43 Å². The molecule has 0 saturated carbocycles. The van der Waals surface area contributed by atoms with Crippen LogP contribution in [0, 0.1) is 11.3 Å². The Balaban J connectivity index is 2.50. The van der Waals surface area contributed by atoms with Crippen molar-refractivity contribution in [1.29, 1.82) is 5.26 Å². The Bertz CT molecular complexity index is 201. The summed E-state index contributed by atoms with van der Waals surface area (Å²) in [7, 11) is 0. The van der Waals surface area contributed by atoms with Crippen LogP contribution in [-0.4, -0.2) is 30.5 Å². The van der Waals surface area contributed by atoms with Gasteiger partial charge in [-0.15, -0.1) is 0 Å². The van der Waals surface area contributed by atoms with Crippen LogP contribution in [0.2, 0.25) is 0 Å². The van der Waals surface area contributed by atoms with Crippen molar-refractivity contribution in [2.75, 3.05) is 13.1 Å². The SMILES string of the molecule is N#CCC1CCCCCN1CC(F)F. The highest BCUT2D eigenvalue weighted by Crippen LogP contribution is 2.19. The van der Waals surface area contributed by atoms with Crippen LogP contribution in [0.5, 0.6) is 0 Å². The number of nitrogens with zero attached hydrogens (tertiary/aromatic N) is 2. The Morgan fingerprint density at radius 3 is 2.79 bits per heavy atom. The molecule has 0 amide bonds. The zero-order chi connectivity index (χ0) is 10.4. The van der Waals surface area contributed by atoms with Crippen LogP contribution in [0.25, 0.3) is 0 Å². The normalized spacial score (nSPS) is 24.6. The van der Waals surface area contributed by atoms with Gasteiger partial charge < -0.3 is 0 Å². The molecule has 0 N–H and O–H groups in total. The van der Waals surface area contributed by atoms with Gasteiger partial charge in [-0.25, -0.2) is 8.78 Å². The highest BCUT2D eigenvalue weighted by Gasteiger charge is 2.23. The Labute approximate surface area is 83.5 Å². The number of alkyl halides is 2. The molecule has 0 aromatic heterocycles. The van der Waals surface area contributed by atoms with Gasteiger partial charge in [0.1, 0.15) is 0 Å². The van der Waals surface area contributed by atoms with Gasteiger partial charge in [-0.3, -0.25) is 4.90 Å². The lowest BCUT2D eigenvalue weighted by atomic mass is 10.1. The van der Waals surface area contributed by atoms with Crippen molar-refractivity contribution in [2.45, 2.75) is 44.6 Å². The topological polar surface area (TPSA) is 27.0 Å². The lowest BCUT2D eigenvalue weighted by Crippen LogP contribution is -2.38. The summed E-state index contributed by atoms with van der Waals surface area (Å²) in [4.78, 5) is 1.78. The van der Waals surface area contributed by atoms with E-state index in [2.05, 4.69) is 6.07 Å². The van der Waals surface area contributed by atoms with Crippen molar-refractivity contribution >= 4 is 0 Å². The Hall–Kier alpha value is -0.690. The second-order valence-electron chi connectivity index (χ2n) is 3.75. The minimum atomic E-state index is -2.28. The van der Waals surface area contributed by atoms with Crippen LogP contribution >= 0.6 is 0 Å². The average molecular weight is 202 g/mol. The third-order valence-corrected chi connectivity index (χ3v) is 2.70. The highest BCUT2D eigenvalue weighted by molar-refractivity contribution is 4.84. The van der Waals surface area contributed by atoms with E-state index in [0.717, 1.165) is 32.2 Å². The molecule has 0 radical (unpaired) electrons. The summed E-state index contributed by atoms with van der Waals surface area (Å²) in [6.45, 7) is 0.545. The molecule has 1 rings (SSSR count). The Morgan fingerprint density at radius 2 is 2.14 bits per heavy atom. The predicted molar refractivity (Wildman–Crippen MR) is 50.1 cm³/mol. The molecular weight excluding hydrogens is 186 g/mol. The van der Waals surface area contributed by atoms with Crippen LogP contribution in [0.1, 0.15) is 32.1 Å². The van der Waals surface area contributed by atoms with E-state index in [1.807, 2.05) is 0 Å². The first-order chi connectivity index (χ1) is 6.74. The molecule has 1 heterocycles. The van der Waals surface area contributed by atoms with E-state index in [9.17, 15) is 8.78 Å². The summed E-state index contributed by atoms with van der Waals surface area (Å²) < 4.78 is 24.5. The first-order valence-electron chi connectivity index (χ1n) is 5.13. The summed E-state index contributed by atoms with van der Waals surface area (Å²) in [6.07, 6.45) is 2.13. The van der Waals surface area contributed by atoms with E-state index in [0.29, 0.717) is 6.42 Å². The van der Waals surface area contributed by atoms with Gasteiger partial charge in [-0.1, -0.05) is 12.8 Å². The maximum Gasteiger partial charge on any atom is 0.251 e. The molecule has 0 spiro atoms. The summed E-state index contributed by atoms with van der Waals surface area (Å²) in [5.41, 5.74) is 0. The molecule has 1 fully saturated rings. The van der Waals surface area contributed by atoms with Crippen molar-refractivity contribution in [1.82, 2.24) is 4.90 Å². The highest BCUT2D eigenvalue weighted by atomic mass is 19.3. The average Bonchev–Trinajstić information content (AvgIpc) is 2.32. The third kappa shape index (κ3) is 3.59. The fraction of sp³-hybridized carbons (Fsp3) is 0.900. The Kier molecular flexibility index (Phi) is 4.81. The minimum absolute atomic E-state index is 0.0523.